The van der Waals surface area contributed by atoms with Crippen LogP contribution in [0.25, 0.3) is 6.08 Å². The molecule has 3 rings (SSSR count). The number of rotatable bonds is 4. The van der Waals surface area contributed by atoms with Gasteiger partial charge in [0.1, 0.15) is 0 Å². The van der Waals surface area contributed by atoms with Gasteiger partial charge in [0.25, 0.3) is 5.91 Å². The van der Waals surface area contributed by atoms with E-state index in [4.69, 9.17) is 17.0 Å². The topological polar surface area (TPSA) is 49.8 Å². The van der Waals surface area contributed by atoms with Crippen molar-refractivity contribution in [2.45, 2.75) is 13.3 Å². The second kappa shape index (κ2) is 7.29. The van der Waals surface area contributed by atoms with Gasteiger partial charge >= 0.3 is 0 Å². The number of methoxy groups -OCH3 is 1. The molecule has 1 aliphatic rings. The highest BCUT2D eigenvalue weighted by Gasteiger charge is 2.33. The molecule has 1 aliphatic heterocycles. The summed E-state index contributed by atoms with van der Waals surface area (Å²) in [5, 5.41) is 9.68. The normalized spacial score (nSPS) is 15.9. The first-order valence-electron chi connectivity index (χ1n) is 7.77. The zero-order valence-electron chi connectivity index (χ0n) is 13.9. The summed E-state index contributed by atoms with van der Waals surface area (Å²) in [4.78, 5) is 14.8. The number of hydrogen-bond donors (Lipinski definition) is 1. The number of phenolic OH excluding ortho intramolecular Hbond substituents is 1. The molecule has 0 spiro atoms. The van der Waals surface area contributed by atoms with Crippen LogP contribution in [0.1, 0.15) is 18.1 Å². The number of ether oxygens (including phenoxy) is 1. The summed E-state index contributed by atoms with van der Waals surface area (Å²) in [6.07, 6.45) is 2.70. The third-order valence-corrected chi connectivity index (χ3v) is 5.20. The number of anilines is 1. The Kier molecular flexibility index (Phi) is 5.11. The molecule has 0 bridgehead atoms. The van der Waals surface area contributed by atoms with Crippen LogP contribution in [0.3, 0.4) is 0 Å². The molecule has 0 radical (unpaired) electrons. The van der Waals surface area contributed by atoms with E-state index in [0.717, 1.165) is 17.7 Å². The first kappa shape index (κ1) is 17.5. The van der Waals surface area contributed by atoms with Crippen molar-refractivity contribution in [3.63, 3.8) is 0 Å². The second-order valence-corrected chi connectivity index (χ2v) is 7.14. The van der Waals surface area contributed by atoms with E-state index >= 15 is 0 Å². The number of aryl methyl sites for hydroxylation is 1. The van der Waals surface area contributed by atoms with Crippen LogP contribution in [0.4, 0.5) is 5.69 Å². The predicted molar refractivity (Wildman–Crippen MR) is 106 cm³/mol. The minimum absolute atomic E-state index is 0.0585. The average Bonchev–Trinajstić information content (AvgIpc) is 2.90. The first-order chi connectivity index (χ1) is 12.0. The van der Waals surface area contributed by atoms with Gasteiger partial charge in [-0.1, -0.05) is 49.1 Å². The van der Waals surface area contributed by atoms with Crippen molar-refractivity contribution < 1.29 is 14.6 Å². The van der Waals surface area contributed by atoms with Crippen LogP contribution in [0.2, 0.25) is 0 Å². The first-order valence-corrected chi connectivity index (χ1v) is 9.00. The van der Waals surface area contributed by atoms with Gasteiger partial charge in [0.15, 0.2) is 15.8 Å². The fraction of sp³-hybridized carbons (Fsp3) is 0.158. The van der Waals surface area contributed by atoms with E-state index in [-0.39, 0.29) is 11.7 Å². The van der Waals surface area contributed by atoms with Crippen molar-refractivity contribution >= 4 is 46.0 Å². The van der Waals surface area contributed by atoms with E-state index in [9.17, 15) is 9.90 Å². The van der Waals surface area contributed by atoms with Gasteiger partial charge < -0.3 is 9.84 Å². The Hall–Kier alpha value is -2.31. The molecule has 25 heavy (non-hydrogen) atoms. The Morgan fingerprint density at radius 2 is 1.96 bits per heavy atom. The van der Waals surface area contributed by atoms with Crippen molar-refractivity contribution in [1.82, 2.24) is 0 Å². The van der Waals surface area contributed by atoms with Crippen LogP contribution in [-0.4, -0.2) is 22.4 Å². The molecule has 1 saturated heterocycles. The highest BCUT2D eigenvalue weighted by Crippen LogP contribution is 2.37. The fourth-order valence-electron chi connectivity index (χ4n) is 2.51. The minimum Gasteiger partial charge on any atom is -0.504 e. The van der Waals surface area contributed by atoms with E-state index < -0.39 is 0 Å². The molecular formula is C19H17NO3S2. The molecule has 1 N–H and O–H groups in total. The molecule has 1 amide bonds. The lowest BCUT2D eigenvalue weighted by Gasteiger charge is -2.14. The molecule has 1 heterocycles. The smallest absolute Gasteiger partial charge is 0.270 e. The Balaban J connectivity index is 1.90. The maximum atomic E-state index is 12.8. The predicted octanol–water partition coefficient (Wildman–Crippen LogP) is 4.37. The molecule has 0 aliphatic carbocycles. The van der Waals surface area contributed by atoms with Gasteiger partial charge in [0.05, 0.1) is 17.7 Å². The standard InChI is InChI=1S/C19H17NO3S2/c1-3-12-4-7-14(8-5-12)20-18(22)17(25-19(20)24)11-13-6-9-15(21)16(10-13)23-2/h4-11,21H,3H2,1-2H3. The summed E-state index contributed by atoms with van der Waals surface area (Å²) in [5.41, 5.74) is 2.74. The third kappa shape index (κ3) is 3.55. The molecule has 6 heteroatoms. The maximum Gasteiger partial charge on any atom is 0.270 e. The Labute approximate surface area is 156 Å². The fourth-order valence-corrected chi connectivity index (χ4v) is 3.81. The van der Waals surface area contributed by atoms with Crippen molar-refractivity contribution in [3.8, 4) is 11.5 Å². The summed E-state index contributed by atoms with van der Waals surface area (Å²) in [5.74, 6) is 0.272. The molecule has 4 nitrogen and oxygen atoms in total. The molecule has 1 fully saturated rings. The van der Waals surface area contributed by atoms with Crippen LogP contribution < -0.4 is 9.64 Å². The number of phenols is 1. The van der Waals surface area contributed by atoms with Gasteiger partial charge in [-0.3, -0.25) is 9.69 Å². The van der Waals surface area contributed by atoms with Crippen molar-refractivity contribution in [1.29, 1.82) is 0 Å². The molecular weight excluding hydrogens is 354 g/mol. The van der Waals surface area contributed by atoms with Crippen molar-refractivity contribution in [2.24, 2.45) is 0 Å². The number of nitrogens with zero attached hydrogens (tertiary/aromatic N) is 1. The number of thioether (sulfide) groups is 1. The monoisotopic (exact) mass is 371 g/mol. The lowest BCUT2D eigenvalue weighted by molar-refractivity contribution is -0.113. The lowest BCUT2D eigenvalue weighted by Crippen LogP contribution is -2.27. The number of carbonyl (C=O) groups is 1. The molecule has 0 aromatic heterocycles. The maximum absolute atomic E-state index is 12.8. The lowest BCUT2D eigenvalue weighted by atomic mass is 10.1. The van der Waals surface area contributed by atoms with Gasteiger partial charge in [-0.2, -0.15) is 0 Å². The average molecular weight is 371 g/mol. The van der Waals surface area contributed by atoms with Crippen LogP contribution in [0.5, 0.6) is 11.5 Å². The number of amides is 1. The van der Waals surface area contributed by atoms with Crippen molar-refractivity contribution in [2.75, 3.05) is 12.0 Å². The zero-order chi connectivity index (χ0) is 18.0. The molecule has 2 aromatic carbocycles. The van der Waals surface area contributed by atoms with Crippen LogP contribution in [0.15, 0.2) is 47.4 Å². The van der Waals surface area contributed by atoms with E-state index in [1.165, 1.54) is 30.5 Å². The largest absolute Gasteiger partial charge is 0.504 e. The van der Waals surface area contributed by atoms with Crippen molar-refractivity contribution in [3.05, 3.63) is 58.5 Å². The van der Waals surface area contributed by atoms with Gasteiger partial charge in [0.2, 0.25) is 0 Å². The number of carbonyl (C=O) groups excluding carboxylic acids is 1. The van der Waals surface area contributed by atoms with Crippen LogP contribution >= 0.6 is 24.0 Å². The molecule has 0 atom stereocenters. The summed E-state index contributed by atoms with van der Waals surface area (Å²) in [6.45, 7) is 2.09. The summed E-state index contributed by atoms with van der Waals surface area (Å²) < 4.78 is 5.61. The van der Waals surface area contributed by atoms with E-state index in [2.05, 4.69) is 6.92 Å². The van der Waals surface area contributed by atoms with E-state index in [0.29, 0.717) is 15.0 Å². The van der Waals surface area contributed by atoms with Gasteiger partial charge in [-0.05, 0) is 47.9 Å². The quantitative estimate of drug-likeness (QED) is 0.639. The Morgan fingerprint density at radius 1 is 1.24 bits per heavy atom. The summed E-state index contributed by atoms with van der Waals surface area (Å²) in [6, 6.07) is 12.8. The highest BCUT2D eigenvalue weighted by atomic mass is 32.2. The molecule has 0 saturated carbocycles. The number of hydrogen-bond acceptors (Lipinski definition) is 5. The summed E-state index contributed by atoms with van der Waals surface area (Å²) >= 11 is 6.65. The number of aromatic hydroxyl groups is 1. The Morgan fingerprint density at radius 3 is 2.60 bits per heavy atom. The molecule has 128 valence electrons. The van der Waals surface area contributed by atoms with Crippen LogP contribution in [-0.2, 0) is 11.2 Å². The second-order valence-electron chi connectivity index (χ2n) is 5.47. The minimum atomic E-state index is -0.147. The van der Waals surface area contributed by atoms with Gasteiger partial charge in [-0.25, -0.2) is 0 Å². The number of thiocarbonyl (C=S) groups is 1. The van der Waals surface area contributed by atoms with E-state index in [1.807, 2.05) is 24.3 Å². The van der Waals surface area contributed by atoms with Gasteiger partial charge in [0, 0.05) is 0 Å². The Bertz CT molecular complexity index is 859. The number of benzene rings is 2. The third-order valence-electron chi connectivity index (χ3n) is 3.90. The van der Waals surface area contributed by atoms with Crippen LogP contribution in [0, 0.1) is 0 Å². The molecule has 0 unspecified atom stereocenters. The SMILES string of the molecule is CCc1ccc(N2C(=O)C(=Cc3ccc(O)c(OC)c3)SC2=S)cc1. The van der Waals surface area contributed by atoms with E-state index in [1.54, 1.807) is 23.1 Å². The molecule has 2 aromatic rings. The van der Waals surface area contributed by atoms with Gasteiger partial charge in [-0.15, -0.1) is 0 Å². The summed E-state index contributed by atoms with van der Waals surface area (Å²) in [7, 11) is 1.48. The zero-order valence-corrected chi connectivity index (χ0v) is 15.5. The highest BCUT2D eigenvalue weighted by molar-refractivity contribution is 8.27.